The maximum Gasteiger partial charge on any atom is 0.0233 e. The van der Waals surface area contributed by atoms with Gasteiger partial charge in [-0.05, 0) is 83.2 Å². The molecule has 3 heteroatoms. The third-order valence-corrected chi connectivity index (χ3v) is 6.12. The zero-order chi connectivity index (χ0) is 16.8. The second-order valence-corrected chi connectivity index (χ2v) is 8.05. The first-order valence-corrected chi connectivity index (χ1v) is 9.89. The van der Waals surface area contributed by atoms with E-state index in [1.165, 1.54) is 64.0 Å². The Morgan fingerprint density at radius 2 is 1.83 bits per heavy atom. The minimum Gasteiger partial charge on any atom is -0.314 e. The van der Waals surface area contributed by atoms with Gasteiger partial charge in [0.2, 0.25) is 0 Å². The molecule has 0 bridgehead atoms. The van der Waals surface area contributed by atoms with Crippen LogP contribution >= 0.6 is 0 Å². The van der Waals surface area contributed by atoms with Gasteiger partial charge in [-0.25, -0.2) is 0 Å². The smallest absolute Gasteiger partial charge is 0.0233 e. The van der Waals surface area contributed by atoms with Gasteiger partial charge in [0.1, 0.15) is 0 Å². The van der Waals surface area contributed by atoms with Crippen molar-refractivity contribution in [3.8, 4) is 0 Å². The molecule has 1 aromatic rings. The number of piperidine rings is 1. The summed E-state index contributed by atoms with van der Waals surface area (Å²) < 4.78 is 0. The summed E-state index contributed by atoms with van der Waals surface area (Å²) in [7, 11) is 2.25. The Bertz CT molecular complexity index is 467. The fraction of sp³-hybridized carbons (Fsp3) is 0.714. The fourth-order valence-corrected chi connectivity index (χ4v) is 4.29. The molecule has 0 aliphatic carbocycles. The molecule has 1 N–H and O–H groups in total. The molecule has 24 heavy (non-hydrogen) atoms. The summed E-state index contributed by atoms with van der Waals surface area (Å²) in [6.07, 6.45) is 5.48. The molecule has 2 fully saturated rings. The van der Waals surface area contributed by atoms with Gasteiger partial charge in [-0.1, -0.05) is 30.3 Å². The van der Waals surface area contributed by atoms with E-state index in [1.807, 2.05) is 0 Å². The predicted molar refractivity (Wildman–Crippen MR) is 102 cm³/mol. The van der Waals surface area contributed by atoms with Gasteiger partial charge >= 0.3 is 0 Å². The van der Waals surface area contributed by atoms with Gasteiger partial charge < -0.3 is 10.2 Å². The van der Waals surface area contributed by atoms with E-state index in [0.29, 0.717) is 6.04 Å². The standard InChI is InChI=1S/C21H35N3/c1-18(22-12-8-19-9-13-23(2)14-10-19)21-11-15-24(17-21)16-20-6-4-3-5-7-20/h3-7,18-19,21-22H,8-17H2,1-2H3/t18-,21+/m0/s1. The van der Waals surface area contributed by atoms with E-state index in [-0.39, 0.29) is 0 Å². The normalized spacial score (nSPS) is 25.2. The van der Waals surface area contributed by atoms with Crippen LogP contribution in [-0.4, -0.2) is 55.6 Å². The molecular formula is C21H35N3. The molecule has 3 nitrogen and oxygen atoms in total. The number of rotatable bonds is 7. The van der Waals surface area contributed by atoms with E-state index in [2.05, 4.69) is 59.4 Å². The van der Waals surface area contributed by atoms with E-state index in [9.17, 15) is 0 Å². The summed E-state index contributed by atoms with van der Waals surface area (Å²) in [6.45, 7) is 9.78. The Balaban J connectivity index is 1.33. The number of nitrogens with one attached hydrogen (secondary N) is 1. The Labute approximate surface area is 148 Å². The number of benzene rings is 1. The minimum atomic E-state index is 0.650. The molecule has 0 radical (unpaired) electrons. The van der Waals surface area contributed by atoms with Crippen molar-refractivity contribution in [2.24, 2.45) is 11.8 Å². The van der Waals surface area contributed by atoms with Gasteiger partial charge in [-0.2, -0.15) is 0 Å². The van der Waals surface area contributed by atoms with E-state index in [1.54, 1.807) is 0 Å². The van der Waals surface area contributed by atoms with Crippen molar-refractivity contribution >= 4 is 0 Å². The van der Waals surface area contributed by atoms with Crippen molar-refractivity contribution in [1.82, 2.24) is 15.1 Å². The fourth-order valence-electron chi connectivity index (χ4n) is 4.29. The van der Waals surface area contributed by atoms with Crippen molar-refractivity contribution in [1.29, 1.82) is 0 Å². The highest BCUT2D eigenvalue weighted by Gasteiger charge is 2.27. The molecule has 1 aromatic carbocycles. The van der Waals surface area contributed by atoms with Crippen LogP contribution in [0.3, 0.4) is 0 Å². The molecule has 0 unspecified atom stereocenters. The lowest BCUT2D eigenvalue weighted by atomic mass is 9.93. The van der Waals surface area contributed by atoms with Gasteiger partial charge in [0.15, 0.2) is 0 Å². The van der Waals surface area contributed by atoms with Crippen molar-refractivity contribution in [2.45, 2.75) is 45.2 Å². The molecule has 2 atom stereocenters. The Morgan fingerprint density at radius 3 is 2.58 bits per heavy atom. The van der Waals surface area contributed by atoms with Gasteiger partial charge in [-0.15, -0.1) is 0 Å². The number of nitrogens with zero attached hydrogens (tertiary/aromatic N) is 2. The molecule has 0 aromatic heterocycles. The summed E-state index contributed by atoms with van der Waals surface area (Å²) >= 11 is 0. The zero-order valence-corrected chi connectivity index (χ0v) is 15.6. The van der Waals surface area contributed by atoms with Gasteiger partial charge in [0.25, 0.3) is 0 Å². The summed E-state index contributed by atoms with van der Waals surface area (Å²) in [5.74, 6) is 1.75. The van der Waals surface area contributed by atoms with Crippen LogP contribution in [0.25, 0.3) is 0 Å². The molecule has 3 rings (SSSR count). The highest BCUT2D eigenvalue weighted by Crippen LogP contribution is 2.22. The van der Waals surface area contributed by atoms with Crippen molar-refractivity contribution in [2.75, 3.05) is 39.8 Å². The van der Waals surface area contributed by atoms with Crippen LogP contribution in [-0.2, 0) is 6.54 Å². The molecule has 0 amide bonds. The predicted octanol–water partition coefficient (Wildman–Crippen LogP) is 3.22. The lowest BCUT2D eigenvalue weighted by Crippen LogP contribution is -2.37. The second kappa shape index (κ2) is 8.98. The average Bonchev–Trinajstić information content (AvgIpc) is 3.06. The first kappa shape index (κ1) is 17.9. The summed E-state index contributed by atoms with van der Waals surface area (Å²) in [4.78, 5) is 5.08. The second-order valence-electron chi connectivity index (χ2n) is 8.05. The highest BCUT2D eigenvalue weighted by atomic mass is 15.2. The van der Waals surface area contributed by atoms with E-state index in [0.717, 1.165) is 18.4 Å². The van der Waals surface area contributed by atoms with Crippen LogP contribution in [0.5, 0.6) is 0 Å². The molecule has 2 aliphatic rings. The van der Waals surface area contributed by atoms with Gasteiger partial charge in [0.05, 0.1) is 0 Å². The zero-order valence-electron chi connectivity index (χ0n) is 15.6. The minimum absolute atomic E-state index is 0.650. The molecule has 2 heterocycles. The molecule has 0 spiro atoms. The summed E-state index contributed by atoms with van der Waals surface area (Å²) in [5, 5.41) is 3.83. The maximum absolute atomic E-state index is 3.83. The lowest BCUT2D eigenvalue weighted by Gasteiger charge is -2.29. The van der Waals surface area contributed by atoms with Crippen LogP contribution in [0.2, 0.25) is 0 Å². The third kappa shape index (κ3) is 5.30. The van der Waals surface area contributed by atoms with Crippen LogP contribution in [0.4, 0.5) is 0 Å². The van der Waals surface area contributed by atoms with Gasteiger partial charge in [-0.3, -0.25) is 4.90 Å². The molecule has 134 valence electrons. The largest absolute Gasteiger partial charge is 0.314 e. The molecule has 0 saturated carbocycles. The van der Waals surface area contributed by atoms with E-state index >= 15 is 0 Å². The number of hydrogen-bond acceptors (Lipinski definition) is 3. The summed E-state index contributed by atoms with van der Waals surface area (Å²) in [6, 6.07) is 11.5. The average molecular weight is 330 g/mol. The highest BCUT2D eigenvalue weighted by molar-refractivity contribution is 5.14. The Kier molecular flexibility index (Phi) is 6.70. The van der Waals surface area contributed by atoms with Gasteiger partial charge in [0, 0.05) is 19.1 Å². The quantitative estimate of drug-likeness (QED) is 0.829. The monoisotopic (exact) mass is 329 g/mol. The van der Waals surface area contributed by atoms with Crippen LogP contribution in [0, 0.1) is 11.8 Å². The lowest BCUT2D eigenvalue weighted by molar-refractivity contribution is 0.209. The van der Waals surface area contributed by atoms with E-state index < -0.39 is 0 Å². The van der Waals surface area contributed by atoms with Crippen LogP contribution in [0.15, 0.2) is 30.3 Å². The van der Waals surface area contributed by atoms with E-state index in [4.69, 9.17) is 0 Å². The molecule has 2 aliphatic heterocycles. The molecule has 2 saturated heterocycles. The topological polar surface area (TPSA) is 18.5 Å². The third-order valence-electron chi connectivity index (χ3n) is 6.12. The van der Waals surface area contributed by atoms with Crippen molar-refractivity contribution < 1.29 is 0 Å². The van der Waals surface area contributed by atoms with Crippen molar-refractivity contribution in [3.05, 3.63) is 35.9 Å². The Morgan fingerprint density at radius 1 is 1.08 bits per heavy atom. The molecular weight excluding hydrogens is 294 g/mol. The van der Waals surface area contributed by atoms with Crippen LogP contribution < -0.4 is 5.32 Å². The first-order chi connectivity index (χ1) is 11.7. The van der Waals surface area contributed by atoms with Crippen molar-refractivity contribution in [3.63, 3.8) is 0 Å². The summed E-state index contributed by atoms with van der Waals surface area (Å²) in [5.41, 5.74) is 1.45. The first-order valence-electron chi connectivity index (χ1n) is 9.89. The SMILES string of the molecule is C[C@H](NCCC1CCN(C)CC1)[C@@H]1CCN(Cc2ccccc2)C1. The number of hydrogen-bond donors (Lipinski definition) is 1. The van der Waals surface area contributed by atoms with Crippen LogP contribution in [0.1, 0.15) is 38.2 Å². The Hall–Kier alpha value is -0.900. The maximum atomic E-state index is 3.83. The number of likely N-dealkylation sites (tertiary alicyclic amines) is 2.